The zero-order valence-corrected chi connectivity index (χ0v) is 13.2. The number of alkyl halides is 2. The molecule has 0 saturated carbocycles. The highest BCUT2D eigenvalue weighted by atomic mass is 35.5. The van der Waals surface area contributed by atoms with Crippen molar-refractivity contribution in [3.8, 4) is 5.75 Å². The summed E-state index contributed by atoms with van der Waals surface area (Å²) >= 11 is 0. The van der Waals surface area contributed by atoms with Crippen molar-refractivity contribution >= 4 is 12.4 Å². The fourth-order valence-corrected chi connectivity index (χ4v) is 2.71. The molecule has 126 valence electrons. The highest BCUT2D eigenvalue weighted by Crippen LogP contribution is 2.28. The van der Waals surface area contributed by atoms with Crippen molar-refractivity contribution in [3.05, 3.63) is 29.8 Å². The molecule has 1 aromatic carbocycles. The lowest BCUT2D eigenvalue weighted by molar-refractivity contribution is -0.0498. The predicted molar refractivity (Wildman–Crippen MR) is 83.8 cm³/mol. The first-order chi connectivity index (χ1) is 10.2. The van der Waals surface area contributed by atoms with Crippen LogP contribution in [0.1, 0.15) is 24.4 Å². The zero-order chi connectivity index (χ0) is 15.1. The lowest BCUT2D eigenvalue weighted by Crippen LogP contribution is -2.45. The van der Waals surface area contributed by atoms with Crippen LogP contribution in [0.15, 0.2) is 24.3 Å². The summed E-state index contributed by atoms with van der Waals surface area (Å²) in [5.74, 6) is 0.176. The van der Waals surface area contributed by atoms with Crippen LogP contribution >= 0.6 is 12.4 Å². The van der Waals surface area contributed by atoms with E-state index in [1.165, 1.54) is 0 Å². The number of benzene rings is 1. The van der Waals surface area contributed by atoms with Gasteiger partial charge >= 0.3 is 6.61 Å². The third kappa shape index (κ3) is 5.68. The number of nitrogens with zero attached hydrogens (tertiary/aromatic N) is 1. The Morgan fingerprint density at radius 3 is 2.36 bits per heavy atom. The quantitative estimate of drug-likeness (QED) is 0.802. The molecule has 1 aromatic rings. The molecule has 0 amide bonds. The van der Waals surface area contributed by atoms with Crippen molar-refractivity contribution in [2.24, 2.45) is 0 Å². The summed E-state index contributed by atoms with van der Waals surface area (Å²) in [4.78, 5) is 2.37. The molecule has 0 spiro atoms. The van der Waals surface area contributed by atoms with Crippen LogP contribution in [-0.2, 0) is 0 Å². The summed E-state index contributed by atoms with van der Waals surface area (Å²) in [5.41, 5.74) is 1.08. The van der Waals surface area contributed by atoms with E-state index in [9.17, 15) is 8.78 Å². The SMILES string of the molecule is Cl.OCCC[C@H](c1ccc(OC(F)F)cc1)N1CCNCC1. The molecule has 1 saturated heterocycles. The fourth-order valence-electron chi connectivity index (χ4n) is 2.71. The van der Waals surface area contributed by atoms with E-state index in [1.54, 1.807) is 12.1 Å². The van der Waals surface area contributed by atoms with Gasteiger partial charge in [-0.25, -0.2) is 0 Å². The van der Waals surface area contributed by atoms with Crippen molar-refractivity contribution in [1.82, 2.24) is 10.2 Å². The molecule has 4 nitrogen and oxygen atoms in total. The van der Waals surface area contributed by atoms with Gasteiger partial charge in [0, 0.05) is 38.8 Å². The molecule has 1 fully saturated rings. The minimum absolute atomic E-state index is 0. The van der Waals surface area contributed by atoms with E-state index in [2.05, 4.69) is 15.0 Å². The van der Waals surface area contributed by atoms with Crippen LogP contribution in [0.5, 0.6) is 5.75 Å². The molecule has 2 N–H and O–H groups in total. The second-order valence-corrected chi connectivity index (χ2v) is 5.12. The molecule has 22 heavy (non-hydrogen) atoms. The van der Waals surface area contributed by atoms with Crippen LogP contribution in [0.4, 0.5) is 8.78 Å². The summed E-state index contributed by atoms with van der Waals surface area (Å²) in [5, 5.41) is 12.4. The van der Waals surface area contributed by atoms with E-state index in [0.717, 1.165) is 44.6 Å². The molecular formula is C15H23ClF2N2O2. The smallest absolute Gasteiger partial charge is 0.387 e. The van der Waals surface area contributed by atoms with Gasteiger partial charge in [0.15, 0.2) is 0 Å². The molecule has 0 aromatic heterocycles. The average molecular weight is 337 g/mol. The molecule has 1 atom stereocenters. The van der Waals surface area contributed by atoms with E-state index in [0.29, 0.717) is 0 Å². The number of aliphatic hydroxyl groups is 1. The third-order valence-electron chi connectivity index (χ3n) is 3.72. The predicted octanol–water partition coefficient (Wildman–Crippen LogP) is 2.43. The van der Waals surface area contributed by atoms with Crippen LogP contribution in [0.2, 0.25) is 0 Å². The van der Waals surface area contributed by atoms with Gasteiger partial charge in [0.2, 0.25) is 0 Å². The second-order valence-electron chi connectivity index (χ2n) is 5.12. The van der Waals surface area contributed by atoms with Crippen LogP contribution in [0, 0.1) is 0 Å². The van der Waals surface area contributed by atoms with Crippen molar-refractivity contribution in [2.45, 2.75) is 25.5 Å². The number of halogens is 3. The van der Waals surface area contributed by atoms with Crippen molar-refractivity contribution in [2.75, 3.05) is 32.8 Å². The molecule has 2 rings (SSSR count). The third-order valence-corrected chi connectivity index (χ3v) is 3.72. The van der Waals surface area contributed by atoms with Crippen molar-refractivity contribution in [1.29, 1.82) is 0 Å². The number of hydrogen-bond donors (Lipinski definition) is 2. The van der Waals surface area contributed by atoms with Crippen molar-refractivity contribution < 1.29 is 18.6 Å². The Labute approximate surface area is 135 Å². The Morgan fingerprint density at radius 2 is 1.82 bits per heavy atom. The lowest BCUT2D eigenvalue weighted by atomic mass is 9.99. The lowest BCUT2D eigenvalue weighted by Gasteiger charge is -2.35. The first kappa shape index (κ1) is 19.1. The fraction of sp³-hybridized carbons (Fsp3) is 0.600. The van der Waals surface area contributed by atoms with E-state index in [-0.39, 0.29) is 30.8 Å². The minimum Gasteiger partial charge on any atom is -0.435 e. The number of rotatable bonds is 7. The monoisotopic (exact) mass is 336 g/mol. The highest BCUT2D eigenvalue weighted by molar-refractivity contribution is 5.85. The Hall–Kier alpha value is -0.950. The van der Waals surface area contributed by atoms with Crippen LogP contribution in [0.25, 0.3) is 0 Å². The van der Waals surface area contributed by atoms with Gasteiger partial charge in [0.1, 0.15) is 5.75 Å². The van der Waals surface area contributed by atoms with Gasteiger partial charge in [0.25, 0.3) is 0 Å². The topological polar surface area (TPSA) is 44.7 Å². The summed E-state index contributed by atoms with van der Waals surface area (Å²) in [7, 11) is 0. The van der Waals surface area contributed by atoms with Gasteiger partial charge in [0.05, 0.1) is 0 Å². The molecule has 7 heteroatoms. The number of hydrogen-bond acceptors (Lipinski definition) is 4. The van der Waals surface area contributed by atoms with E-state index >= 15 is 0 Å². The summed E-state index contributed by atoms with van der Waals surface area (Å²) < 4.78 is 28.7. The zero-order valence-electron chi connectivity index (χ0n) is 12.4. The molecule has 1 aliphatic rings. The van der Waals surface area contributed by atoms with Gasteiger partial charge in [-0.1, -0.05) is 12.1 Å². The first-order valence-corrected chi connectivity index (χ1v) is 7.31. The van der Waals surface area contributed by atoms with E-state index in [4.69, 9.17) is 5.11 Å². The number of ether oxygens (including phenoxy) is 1. The van der Waals surface area contributed by atoms with E-state index < -0.39 is 6.61 Å². The van der Waals surface area contributed by atoms with Crippen LogP contribution in [-0.4, -0.2) is 49.4 Å². The van der Waals surface area contributed by atoms with Gasteiger partial charge in [-0.05, 0) is 30.5 Å². The Kier molecular flexibility index (Phi) is 8.63. The standard InChI is InChI=1S/C15H22F2N2O2.ClH/c16-15(17)21-13-5-3-12(4-6-13)14(2-1-11-20)19-9-7-18-8-10-19;/h3-6,14-15,18,20H,1-2,7-11H2;1H/t14-;/m1./s1. The molecule has 1 heterocycles. The summed E-state index contributed by atoms with van der Waals surface area (Å²) in [6.07, 6.45) is 1.58. The Bertz CT molecular complexity index is 415. The maximum absolute atomic E-state index is 12.2. The largest absolute Gasteiger partial charge is 0.435 e. The average Bonchev–Trinajstić information content (AvgIpc) is 2.50. The highest BCUT2D eigenvalue weighted by Gasteiger charge is 2.21. The molecular weight excluding hydrogens is 314 g/mol. The number of aliphatic hydroxyl groups excluding tert-OH is 1. The van der Waals surface area contributed by atoms with Gasteiger partial charge in [-0.2, -0.15) is 8.78 Å². The summed E-state index contributed by atoms with van der Waals surface area (Å²) in [6, 6.07) is 7.04. The van der Waals surface area contributed by atoms with Gasteiger partial charge in [-0.3, -0.25) is 4.90 Å². The first-order valence-electron chi connectivity index (χ1n) is 7.31. The van der Waals surface area contributed by atoms with Crippen molar-refractivity contribution in [3.63, 3.8) is 0 Å². The normalized spacial score (nSPS) is 17.1. The maximum atomic E-state index is 12.2. The van der Waals surface area contributed by atoms with Gasteiger partial charge < -0.3 is 15.2 Å². The number of piperazine rings is 1. The molecule has 1 aliphatic heterocycles. The molecule has 0 unspecified atom stereocenters. The molecule has 0 bridgehead atoms. The van der Waals surface area contributed by atoms with E-state index in [1.807, 2.05) is 12.1 Å². The second kappa shape index (κ2) is 9.94. The molecule has 0 radical (unpaired) electrons. The number of nitrogens with one attached hydrogen (secondary N) is 1. The van der Waals surface area contributed by atoms with Gasteiger partial charge in [-0.15, -0.1) is 12.4 Å². The maximum Gasteiger partial charge on any atom is 0.387 e. The van der Waals surface area contributed by atoms with Crippen LogP contribution in [0.3, 0.4) is 0 Å². The van der Waals surface area contributed by atoms with Crippen LogP contribution < -0.4 is 10.1 Å². The Balaban J connectivity index is 0.00000242. The minimum atomic E-state index is -2.80. The molecule has 0 aliphatic carbocycles. The Morgan fingerprint density at radius 1 is 1.18 bits per heavy atom. The summed E-state index contributed by atoms with van der Waals surface area (Å²) in [6.45, 7) is 1.16.